The van der Waals surface area contributed by atoms with Crippen molar-refractivity contribution >= 4 is 16.5 Å². The van der Waals surface area contributed by atoms with Crippen LogP contribution in [0.25, 0.3) is 16.6 Å². The normalized spacial score (nSPS) is 14.3. The number of benzene rings is 2. The molecule has 0 unspecified atom stereocenters. The second-order valence-corrected chi connectivity index (χ2v) is 9.64. The zero-order valence-corrected chi connectivity index (χ0v) is 22.7. The summed E-state index contributed by atoms with van der Waals surface area (Å²) in [5.74, 6) is 2.27. The monoisotopic (exact) mass is 548 g/mol. The number of rotatable bonds is 8. The standard InChI is InChI=1S/C32H28N4O5/c1-39-28-14-22-13-23(18-37)35-31(26(22)16-29(28)40-2)21-8-11-34-30(15-21)36-12-9-24-25(32(36)38)6-3-7-27(24)41-19-20-5-4-10-33-17-20/h3-12,14-17,23,37H,13,18-19H2,1-2H3/t23-/m0/s1. The van der Waals surface area contributed by atoms with E-state index in [-0.39, 0.29) is 18.2 Å². The molecule has 0 saturated heterocycles. The molecule has 2 aromatic carbocycles. The number of pyridine rings is 3. The predicted octanol–water partition coefficient (Wildman–Crippen LogP) is 4.13. The lowest BCUT2D eigenvalue weighted by atomic mass is 9.90. The molecule has 0 amide bonds. The van der Waals surface area contributed by atoms with Crippen molar-refractivity contribution in [3.05, 3.63) is 118 Å². The van der Waals surface area contributed by atoms with Crippen molar-refractivity contribution in [1.29, 1.82) is 0 Å². The van der Waals surface area contributed by atoms with E-state index in [1.54, 1.807) is 51.1 Å². The molecule has 1 N–H and O–H groups in total. The first-order valence-electron chi connectivity index (χ1n) is 13.2. The van der Waals surface area contributed by atoms with Crippen LogP contribution in [0.1, 0.15) is 22.3 Å². The van der Waals surface area contributed by atoms with Crippen molar-refractivity contribution in [2.45, 2.75) is 19.1 Å². The molecule has 4 heterocycles. The number of aliphatic hydroxyl groups excluding tert-OH is 1. The summed E-state index contributed by atoms with van der Waals surface area (Å²) in [4.78, 5) is 27.1. The first kappa shape index (κ1) is 26.2. The molecule has 5 aromatic rings. The Labute approximate surface area is 236 Å². The molecule has 0 aliphatic carbocycles. The number of hydrogen-bond acceptors (Lipinski definition) is 8. The second kappa shape index (κ2) is 11.2. The van der Waals surface area contributed by atoms with Crippen LogP contribution in [0.3, 0.4) is 0 Å². The molecule has 0 spiro atoms. The topological polar surface area (TPSA) is 108 Å². The van der Waals surface area contributed by atoms with Gasteiger partial charge in [-0.25, -0.2) is 4.98 Å². The van der Waals surface area contributed by atoms with E-state index >= 15 is 0 Å². The van der Waals surface area contributed by atoms with Crippen LogP contribution in [-0.2, 0) is 13.0 Å². The number of methoxy groups -OCH3 is 2. The molecular weight excluding hydrogens is 520 g/mol. The fraction of sp³-hybridized carbons (Fsp3) is 0.188. The molecule has 0 fully saturated rings. The van der Waals surface area contributed by atoms with Crippen LogP contribution in [0.15, 0.2) is 95.2 Å². The number of ether oxygens (including phenoxy) is 3. The van der Waals surface area contributed by atoms with Crippen LogP contribution in [0.5, 0.6) is 17.2 Å². The van der Waals surface area contributed by atoms with E-state index in [0.29, 0.717) is 52.6 Å². The molecule has 1 aliphatic heterocycles. The number of aliphatic hydroxyl groups is 1. The van der Waals surface area contributed by atoms with Crippen LogP contribution in [0, 0.1) is 0 Å². The fourth-order valence-electron chi connectivity index (χ4n) is 5.09. The molecular formula is C32H28N4O5. The molecule has 0 radical (unpaired) electrons. The number of hydrogen-bond donors (Lipinski definition) is 1. The van der Waals surface area contributed by atoms with Gasteiger partial charge in [0, 0.05) is 46.9 Å². The lowest BCUT2D eigenvalue weighted by molar-refractivity contribution is 0.265. The van der Waals surface area contributed by atoms with Crippen molar-refractivity contribution in [2.24, 2.45) is 4.99 Å². The molecule has 0 bridgehead atoms. The van der Waals surface area contributed by atoms with E-state index in [1.807, 2.05) is 48.5 Å². The zero-order chi connectivity index (χ0) is 28.3. The number of fused-ring (bicyclic) bond motifs is 2. The van der Waals surface area contributed by atoms with Gasteiger partial charge in [-0.15, -0.1) is 0 Å². The molecule has 1 aliphatic rings. The minimum atomic E-state index is -0.305. The minimum absolute atomic E-state index is 0.0927. The van der Waals surface area contributed by atoms with Crippen molar-refractivity contribution in [3.8, 4) is 23.1 Å². The van der Waals surface area contributed by atoms with E-state index in [2.05, 4.69) is 9.97 Å². The van der Waals surface area contributed by atoms with E-state index in [4.69, 9.17) is 19.2 Å². The Morgan fingerprint density at radius 2 is 1.80 bits per heavy atom. The smallest absolute Gasteiger partial charge is 0.264 e. The van der Waals surface area contributed by atoms with Gasteiger partial charge in [-0.2, -0.15) is 0 Å². The van der Waals surface area contributed by atoms with Crippen LogP contribution < -0.4 is 19.8 Å². The predicted molar refractivity (Wildman–Crippen MR) is 156 cm³/mol. The largest absolute Gasteiger partial charge is 0.493 e. The highest BCUT2D eigenvalue weighted by molar-refractivity contribution is 6.15. The van der Waals surface area contributed by atoms with Crippen molar-refractivity contribution in [3.63, 3.8) is 0 Å². The highest BCUT2D eigenvalue weighted by atomic mass is 16.5. The van der Waals surface area contributed by atoms with E-state index in [0.717, 1.165) is 22.3 Å². The summed E-state index contributed by atoms with van der Waals surface area (Å²) in [7, 11) is 3.18. The quantitative estimate of drug-likeness (QED) is 0.311. The highest BCUT2D eigenvalue weighted by Gasteiger charge is 2.25. The molecule has 9 heteroatoms. The van der Waals surface area contributed by atoms with E-state index in [9.17, 15) is 9.90 Å². The summed E-state index contributed by atoms with van der Waals surface area (Å²) < 4.78 is 18.6. The third-order valence-electron chi connectivity index (χ3n) is 7.13. The van der Waals surface area contributed by atoms with Crippen LogP contribution in [-0.4, -0.2) is 52.2 Å². The Hall–Kier alpha value is -5.02. The van der Waals surface area contributed by atoms with E-state index in [1.165, 1.54) is 4.57 Å². The Morgan fingerprint density at radius 1 is 0.951 bits per heavy atom. The molecule has 206 valence electrons. The third-order valence-corrected chi connectivity index (χ3v) is 7.13. The zero-order valence-electron chi connectivity index (χ0n) is 22.7. The summed E-state index contributed by atoms with van der Waals surface area (Å²) in [6.07, 6.45) is 7.39. The maximum absolute atomic E-state index is 13.7. The van der Waals surface area contributed by atoms with Crippen LogP contribution in [0.2, 0.25) is 0 Å². The summed E-state index contributed by atoms with van der Waals surface area (Å²) in [5.41, 5.74) is 4.05. The lowest BCUT2D eigenvalue weighted by Gasteiger charge is -2.24. The molecule has 6 rings (SSSR count). The third kappa shape index (κ3) is 5.03. The van der Waals surface area contributed by atoms with Gasteiger partial charge in [0.05, 0.1) is 38.0 Å². The van der Waals surface area contributed by atoms with Gasteiger partial charge in [-0.3, -0.25) is 19.3 Å². The van der Waals surface area contributed by atoms with Crippen molar-refractivity contribution in [1.82, 2.24) is 14.5 Å². The van der Waals surface area contributed by atoms with Gasteiger partial charge < -0.3 is 19.3 Å². The number of nitrogens with zero attached hydrogens (tertiary/aromatic N) is 4. The Bertz CT molecular complexity index is 1820. The average molecular weight is 549 g/mol. The molecule has 9 nitrogen and oxygen atoms in total. The Morgan fingerprint density at radius 3 is 2.59 bits per heavy atom. The Balaban J connectivity index is 1.38. The van der Waals surface area contributed by atoms with Gasteiger partial charge in [0.25, 0.3) is 5.56 Å². The maximum atomic E-state index is 13.7. The van der Waals surface area contributed by atoms with Gasteiger partial charge in [0.15, 0.2) is 11.5 Å². The van der Waals surface area contributed by atoms with Gasteiger partial charge in [-0.05, 0) is 60.5 Å². The molecule has 3 aromatic heterocycles. The summed E-state index contributed by atoms with van der Waals surface area (Å²) >= 11 is 0. The molecule has 41 heavy (non-hydrogen) atoms. The van der Waals surface area contributed by atoms with Crippen LogP contribution >= 0.6 is 0 Å². The first-order valence-corrected chi connectivity index (χ1v) is 13.2. The average Bonchev–Trinajstić information content (AvgIpc) is 3.03. The summed E-state index contributed by atoms with van der Waals surface area (Å²) in [6, 6.07) is 18.3. The first-order chi connectivity index (χ1) is 20.1. The van der Waals surface area contributed by atoms with Gasteiger partial charge in [0.2, 0.25) is 0 Å². The minimum Gasteiger partial charge on any atom is -0.493 e. The fourth-order valence-corrected chi connectivity index (χ4v) is 5.09. The summed E-state index contributed by atoms with van der Waals surface area (Å²) in [6.45, 7) is 0.249. The second-order valence-electron chi connectivity index (χ2n) is 9.64. The number of aliphatic imine (C=N–C) groups is 1. The van der Waals surface area contributed by atoms with Crippen molar-refractivity contribution in [2.75, 3.05) is 20.8 Å². The highest BCUT2D eigenvalue weighted by Crippen LogP contribution is 2.35. The van der Waals surface area contributed by atoms with Gasteiger partial charge in [0.1, 0.15) is 18.2 Å². The van der Waals surface area contributed by atoms with E-state index < -0.39 is 0 Å². The summed E-state index contributed by atoms with van der Waals surface area (Å²) in [5, 5.41) is 11.2. The molecule has 1 atom stereocenters. The molecule has 0 saturated carbocycles. The van der Waals surface area contributed by atoms with Gasteiger partial charge in [-0.1, -0.05) is 12.1 Å². The lowest BCUT2D eigenvalue weighted by Crippen LogP contribution is -2.25. The maximum Gasteiger partial charge on any atom is 0.264 e. The number of aromatic nitrogens is 3. The van der Waals surface area contributed by atoms with Crippen LogP contribution in [0.4, 0.5) is 0 Å². The SMILES string of the molecule is COc1cc2c(cc1OC)C(c1ccnc(-n3ccc4c(OCc5cccnc5)cccc4c3=O)c1)=N[C@H](CO)C2. The van der Waals surface area contributed by atoms with Gasteiger partial charge >= 0.3 is 0 Å². The Kier molecular flexibility index (Phi) is 7.18. The van der Waals surface area contributed by atoms with Crippen molar-refractivity contribution < 1.29 is 19.3 Å².